The molecule has 1 fully saturated rings. The van der Waals surface area contributed by atoms with Gasteiger partial charge < -0.3 is 15.4 Å². The van der Waals surface area contributed by atoms with E-state index >= 15 is 0 Å². The molecule has 0 aliphatic heterocycles. The Labute approximate surface area is 139 Å². The maximum Gasteiger partial charge on any atom is 0.171 e. The fraction of sp³-hybridized carbons (Fsp3) is 0.611. The first kappa shape index (κ1) is 17.1. The molecule has 0 atom stereocenters. The van der Waals surface area contributed by atoms with Crippen molar-refractivity contribution >= 4 is 23.0 Å². The lowest BCUT2D eigenvalue weighted by Gasteiger charge is -2.35. The van der Waals surface area contributed by atoms with Crippen molar-refractivity contribution in [2.75, 3.05) is 5.32 Å². The molecule has 0 bridgehead atoms. The Kier molecular flexibility index (Phi) is 5.68. The van der Waals surface area contributed by atoms with Crippen molar-refractivity contribution < 1.29 is 4.74 Å². The van der Waals surface area contributed by atoms with Crippen molar-refractivity contribution in [1.29, 1.82) is 0 Å². The van der Waals surface area contributed by atoms with E-state index < -0.39 is 0 Å². The van der Waals surface area contributed by atoms with E-state index in [0.29, 0.717) is 11.0 Å². The molecule has 0 aromatic heterocycles. The lowest BCUT2D eigenvalue weighted by Crippen LogP contribution is -2.51. The van der Waals surface area contributed by atoms with Crippen LogP contribution in [-0.2, 0) is 0 Å². The number of anilines is 1. The van der Waals surface area contributed by atoms with E-state index in [4.69, 9.17) is 17.0 Å². The molecule has 0 amide bonds. The van der Waals surface area contributed by atoms with Gasteiger partial charge in [-0.1, -0.05) is 32.8 Å². The third-order valence-electron chi connectivity index (χ3n) is 4.43. The normalized spacial score (nSPS) is 16.8. The lowest BCUT2D eigenvalue weighted by atomic mass is 9.85. The summed E-state index contributed by atoms with van der Waals surface area (Å²) in [5.41, 5.74) is 1.11. The van der Waals surface area contributed by atoms with Crippen LogP contribution < -0.4 is 15.4 Å². The Morgan fingerprint density at radius 1 is 1.18 bits per heavy atom. The summed E-state index contributed by atoms with van der Waals surface area (Å²) in [7, 11) is 0. The van der Waals surface area contributed by atoms with Crippen molar-refractivity contribution in [2.24, 2.45) is 5.92 Å². The first-order valence-electron chi connectivity index (χ1n) is 8.27. The summed E-state index contributed by atoms with van der Waals surface area (Å²) < 4.78 is 5.72. The van der Waals surface area contributed by atoms with Crippen molar-refractivity contribution in [3.8, 4) is 5.75 Å². The average molecular weight is 321 g/mol. The third-order valence-corrected chi connectivity index (χ3v) is 4.63. The molecule has 1 aliphatic carbocycles. The summed E-state index contributed by atoms with van der Waals surface area (Å²) in [6.07, 6.45) is 5.13. The van der Waals surface area contributed by atoms with Crippen LogP contribution >= 0.6 is 12.2 Å². The van der Waals surface area contributed by atoms with Gasteiger partial charge in [0, 0.05) is 17.3 Å². The highest BCUT2D eigenvalue weighted by molar-refractivity contribution is 7.80. The van der Waals surface area contributed by atoms with Crippen LogP contribution in [-0.4, -0.2) is 16.8 Å². The molecule has 1 aromatic carbocycles. The summed E-state index contributed by atoms with van der Waals surface area (Å²) in [5, 5.41) is 7.59. The minimum absolute atomic E-state index is 0.149. The Balaban J connectivity index is 1.99. The van der Waals surface area contributed by atoms with Gasteiger partial charge in [0.15, 0.2) is 5.11 Å². The SMILES string of the molecule is CC(C)Oc1cccc(NC(=S)NC2(C(C)C)CCCC2)c1. The number of nitrogens with one attached hydrogen (secondary N) is 2. The Hall–Kier alpha value is -1.29. The zero-order valence-electron chi connectivity index (χ0n) is 14.1. The van der Waals surface area contributed by atoms with Crippen LogP contribution in [0.15, 0.2) is 24.3 Å². The lowest BCUT2D eigenvalue weighted by molar-refractivity contribution is 0.242. The Morgan fingerprint density at radius 3 is 2.45 bits per heavy atom. The molecule has 0 saturated heterocycles. The highest BCUT2D eigenvalue weighted by Gasteiger charge is 2.37. The quantitative estimate of drug-likeness (QED) is 0.769. The molecule has 4 heteroatoms. The van der Waals surface area contributed by atoms with Gasteiger partial charge in [-0.3, -0.25) is 0 Å². The molecule has 0 unspecified atom stereocenters. The monoisotopic (exact) mass is 320 g/mol. The van der Waals surface area contributed by atoms with Crippen molar-refractivity contribution in [3.05, 3.63) is 24.3 Å². The third kappa shape index (κ3) is 4.35. The Morgan fingerprint density at radius 2 is 1.86 bits per heavy atom. The highest BCUT2D eigenvalue weighted by atomic mass is 32.1. The van der Waals surface area contributed by atoms with Gasteiger partial charge in [0.25, 0.3) is 0 Å². The summed E-state index contributed by atoms with van der Waals surface area (Å²) in [4.78, 5) is 0. The summed E-state index contributed by atoms with van der Waals surface area (Å²) in [6, 6.07) is 7.95. The predicted molar refractivity (Wildman–Crippen MR) is 97.6 cm³/mol. The standard InChI is InChI=1S/C18H28N2OS/c1-13(2)18(10-5-6-11-18)20-17(22)19-15-8-7-9-16(12-15)21-14(3)4/h7-9,12-14H,5-6,10-11H2,1-4H3,(H2,19,20,22). The average Bonchev–Trinajstić information content (AvgIpc) is 2.88. The molecule has 2 rings (SSSR count). The number of hydrogen-bond donors (Lipinski definition) is 2. The van der Waals surface area contributed by atoms with Crippen molar-refractivity contribution in [1.82, 2.24) is 5.32 Å². The van der Waals surface area contributed by atoms with Crippen LogP contribution in [0.2, 0.25) is 0 Å². The topological polar surface area (TPSA) is 33.3 Å². The van der Waals surface area contributed by atoms with E-state index in [1.807, 2.05) is 38.1 Å². The van der Waals surface area contributed by atoms with Gasteiger partial charge >= 0.3 is 0 Å². The zero-order chi connectivity index (χ0) is 16.2. The molecule has 122 valence electrons. The summed E-state index contributed by atoms with van der Waals surface area (Å²) in [5.74, 6) is 1.44. The van der Waals surface area contributed by atoms with E-state index in [1.165, 1.54) is 25.7 Å². The molecule has 0 spiro atoms. The fourth-order valence-corrected chi connectivity index (χ4v) is 3.48. The van der Waals surface area contributed by atoms with Crippen molar-refractivity contribution in [3.63, 3.8) is 0 Å². The fourth-order valence-electron chi connectivity index (χ4n) is 3.16. The van der Waals surface area contributed by atoms with Gasteiger partial charge in [-0.05, 0) is 57.0 Å². The second kappa shape index (κ2) is 7.32. The number of hydrogen-bond acceptors (Lipinski definition) is 2. The maximum absolute atomic E-state index is 5.72. The first-order valence-corrected chi connectivity index (χ1v) is 8.68. The number of rotatable bonds is 5. The molecular weight excluding hydrogens is 292 g/mol. The van der Waals surface area contributed by atoms with Crippen LogP contribution in [0.5, 0.6) is 5.75 Å². The second-order valence-corrected chi connectivity index (χ2v) is 7.20. The van der Waals surface area contributed by atoms with Gasteiger partial charge in [-0.2, -0.15) is 0 Å². The van der Waals surface area contributed by atoms with Gasteiger partial charge in [-0.15, -0.1) is 0 Å². The van der Waals surface area contributed by atoms with E-state index in [1.54, 1.807) is 0 Å². The minimum atomic E-state index is 0.149. The summed E-state index contributed by atoms with van der Waals surface area (Å²) in [6.45, 7) is 8.60. The number of ether oxygens (including phenoxy) is 1. The maximum atomic E-state index is 5.72. The van der Waals surface area contributed by atoms with Crippen LogP contribution in [0.4, 0.5) is 5.69 Å². The van der Waals surface area contributed by atoms with Crippen LogP contribution in [0.1, 0.15) is 53.4 Å². The molecule has 3 nitrogen and oxygen atoms in total. The van der Waals surface area contributed by atoms with E-state index in [-0.39, 0.29) is 11.6 Å². The second-order valence-electron chi connectivity index (χ2n) is 6.79. The van der Waals surface area contributed by atoms with Crippen LogP contribution in [0, 0.1) is 5.92 Å². The number of thiocarbonyl (C=S) groups is 1. The molecular formula is C18H28N2OS. The molecule has 22 heavy (non-hydrogen) atoms. The molecule has 2 N–H and O–H groups in total. The highest BCUT2D eigenvalue weighted by Crippen LogP contribution is 2.35. The molecule has 1 aliphatic rings. The van der Waals surface area contributed by atoms with Crippen molar-refractivity contribution in [2.45, 2.75) is 65.0 Å². The van der Waals surface area contributed by atoms with E-state index in [0.717, 1.165) is 11.4 Å². The van der Waals surface area contributed by atoms with Gasteiger partial charge in [0.2, 0.25) is 0 Å². The van der Waals surface area contributed by atoms with E-state index in [2.05, 4.69) is 24.5 Å². The van der Waals surface area contributed by atoms with Gasteiger partial charge in [0.05, 0.1) is 6.10 Å². The van der Waals surface area contributed by atoms with Crippen LogP contribution in [0.25, 0.3) is 0 Å². The first-order chi connectivity index (χ1) is 10.4. The molecule has 1 saturated carbocycles. The zero-order valence-corrected chi connectivity index (χ0v) is 14.9. The Bertz CT molecular complexity index is 508. The van der Waals surface area contributed by atoms with E-state index in [9.17, 15) is 0 Å². The molecule has 0 radical (unpaired) electrons. The van der Waals surface area contributed by atoms with Gasteiger partial charge in [-0.25, -0.2) is 0 Å². The number of benzene rings is 1. The minimum Gasteiger partial charge on any atom is -0.491 e. The largest absolute Gasteiger partial charge is 0.491 e. The van der Waals surface area contributed by atoms with Crippen LogP contribution in [0.3, 0.4) is 0 Å². The summed E-state index contributed by atoms with van der Waals surface area (Å²) >= 11 is 5.53. The molecule has 1 aromatic rings. The van der Waals surface area contributed by atoms with Gasteiger partial charge in [0.1, 0.15) is 5.75 Å². The predicted octanol–water partition coefficient (Wildman–Crippen LogP) is 4.73. The smallest absolute Gasteiger partial charge is 0.171 e. The molecule has 0 heterocycles.